The van der Waals surface area contributed by atoms with Crippen LogP contribution >= 0.6 is 12.4 Å². The highest BCUT2D eigenvalue weighted by atomic mass is 35.5. The Morgan fingerprint density at radius 2 is 2.05 bits per heavy atom. The Bertz CT molecular complexity index is 438. The summed E-state index contributed by atoms with van der Waals surface area (Å²) in [5.41, 5.74) is 7.10. The largest absolute Gasteiger partial charge is 0.371 e. The molecule has 1 unspecified atom stereocenters. The molecule has 0 aromatic heterocycles. The molecule has 4 nitrogen and oxygen atoms in total. The maximum Gasteiger partial charge on any atom is 0.237 e. The zero-order valence-corrected chi connectivity index (χ0v) is 13.6. The number of nitrogens with one attached hydrogen (secondary N) is 1. The summed E-state index contributed by atoms with van der Waals surface area (Å²) in [5.74, 6) is 0.663. The Balaban J connectivity index is 0.00000220. The molecule has 1 aliphatic heterocycles. The second-order valence-corrected chi connectivity index (χ2v) is 5.95. The molecule has 2 atom stereocenters. The Hall–Kier alpha value is -1.26. The molecule has 5 heteroatoms. The third kappa shape index (κ3) is 4.90. The van der Waals surface area contributed by atoms with Gasteiger partial charge in [-0.1, -0.05) is 32.0 Å². The number of amides is 1. The monoisotopic (exact) mass is 311 g/mol. The summed E-state index contributed by atoms with van der Waals surface area (Å²) >= 11 is 0. The predicted octanol–water partition coefficient (Wildman–Crippen LogP) is 2.03. The first-order chi connectivity index (χ1) is 9.58. The van der Waals surface area contributed by atoms with E-state index in [1.165, 1.54) is 5.69 Å². The number of carbonyl (C=O) groups excluding carboxylic acids is 1. The highest BCUT2D eigenvalue weighted by molar-refractivity contribution is 5.85. The molecule has 0 spiro atoms. The van der Waals surface area contributed by atoms with Gasteiger partial charge in [0.05, 0.1) is 6.04 Å². The van der Waals surface area contributed by atoms with Crippen molar-refractivity contribution in [1.29, 1.82) is 0 Å². The van der Waals surface area contributed by atoms with Crippen molar-refractivity contribution >= 4 is 24.0 Å². The van der Waals surface area contributed by atoms with E-state index in [1.54, 1.807) is 0 Å². The minimum Gasteiger partial charge on any atom is -0.371 e. The summed E-state index contributed by atoms with van der Waals surface area (Å²) < 4.78 is 0. The molecule has 1 amide bonds. The fourth-order valence-electron chi connectivity index (χ4n) is 2.54. The Morgan fingerprint density at radius 3 is 2.67 bits per heavy atom. The molecule has 1 heterocycles. The van der Waals surface area contributed by atoms with Crippen LogP contribution in [0.5, 0.6) is 0 Å². The average Bonchev–Trinajstić information content (AvgIpc) is 2.93. The lowest BCUT2D eigenvalue weighted by atomic mass is 10.0. The number of rotatable bonds is 5. The van der Waals surface area contributed by atoms with Crippen LogP contribution in [-0.4, -0.2) is 31.6 Å². The Morgan fingerprint density at radius 1 is 1.38 bits per heavy atom. The Labute approximate surface area is 133 Å². The lowest BCUT2D eigenvalue weighted by Gasteiger charge is -2.20. The van der Waals surface area contributed by atoms with Crippen LogP contribution in [-0.2, 0) is 4.79 Å². The van der Waals surface area contributed by atoms with Crippen LogP contribution in [0.3, 0.4) is 0 Å². The molecular weight excluding hydrogens is 286 g/mol. The van der Waals surface area contributed by atoms with Crippen molar-refractivity contribution in [3.8, 4) is 0 Å². The molecule has 0 saturated carbocycles. The number of anilines is 1. The first-order valence-electron chi connectivity index (χ1n) is 7.41. The highest BCUT2D eigenvalue weighted by Gasteiger charge is 2.24. The number of nitrogens with zero attached hydrogens (tertiary/aromatic N) is 1. The van der Waals surface area contributed by atoms with Crippen LogP contribution in [0.4, 0.5) is 5.69 Å². The van der Waals surface area contributed by atoms with Gasteiger partial charge in [0.15, 0.2) is 0 Å². The fraction of sp³-hybridized carbons (Fsp3) is 0.562. The van der Waals surface area contributed by atoms with Crippen molar-refractivity contribution in [3.63, 3.8) is 0 Å². The van der Waals surface area contributed by atoms with Crippen LogP contribution in [0.25, 0.3) is 0 Å². The Kier molecular flexibility index (Phi) is 6.99. The van der Waals surface area contributed by atoms with Gasteiger partial charge in [-0.25, -0.2) is 0 Å². The number of benzene rings is 1. The van der Waals surface area contributed by atoms with Gasteiger partial charge in [-0.2, -0.15) is 0 Å². The van der Waals surface area contributed by atoms with Crippen molar-refractivity contribution in [2.45, 2.75) is 26.3 Å². The maximum atomic E-state index is 11.8. The molecule has 1 aromatic rings. The third-order valence-corrected chi connectivity index (χ3v) is 3.99. The van der Waals surface area contributed by atoms with Gasteiger partial charge in [0.2, 0.25) is 5.91 Å². The number of hydrogen-bond acceptors (Lipinski definition) is 3. The zero-order valence-electron chi connectivity index (χ0n) is 12.8. The second-order valence-electron chi connectivity index (χ2n) is 5.95. The van der Waals surface area contributed by atoms with Crippen molar-refractivity contribution < 1.29 is 4.79 Å². The molecule has 1 aliphatic rings. The van der Waals surface area contributed by atoms with E-state index in [-0.39, 0.29) is 24.2 Å². The summed E-state index contributed by atoms with van der Waals surface area (Å²) in [6, 6.07) is 10.0. The molecule has 1 aromatic carbocycles. The number of nitrogens with two attached hydrogens (primary N) is 1. The van der Waals surface area contributed by atoms with E-state index in [4.69, 9.17) is 5.73 Å². The van der Waals surface area contributed by atoms with Crippen LogP contribution in [0.15, 0.2) is 30.3 Å². The molecule has 3 N–H and O–H groups in total. The first kappa shape index (κ1) is 17.8. The summed E-state index contributed by atoms with van der Waals surface area (Å²) in [6.45, 7) is 6.72. The molecule has 1 saturated heterocycles. The van der Waals surface area contributed by atoms with Crippen molar-refractivity contribution in [3.05, 3.63) is 30.3 Å². The lowest BCUT2D eigenvalue weighted by molar-refractivity contribution is -0.123. The average molecular weight is 312 g/mol. The van der Waals surface area contributed by atoms with Gasteiger partial charge < -0.3 is 16.0 Å². The topological polar surface area (TPSA) is 58.4 Å². The molecule has 0 radical (unpaired) electrons. The summed E-state index contributed by atoms with van der Waals surface area (Å²) in [4.78, 5) is 14.2. The second kappa shape index (κ2) is 8.25. The fourth-order valence-corrected chi connectivity index (χ4v) is 2.54. The van der Waals surface area contributed by atoms with Gasteiger partial charge in [0.25, 0.3) is 0 Å². The number of para-hydroxylation sites is 1. The lowest BCUT2D eigenvalue weighted by Crippen LogP contribution is -2.45. The predicted molar refractivity (Wildman–Crippen MR) is 89.8 cm³/mol. The summed E-state index contributed by atoms with van der Waals surface area (Å²) in [7, 11) is 0. The van der Waals surface area contributed by atoms with Gasteiger partial charge in [0.1, 0.15) is 0 Å². The minimum absolute atomic E-state index is 0. The van der Waals surface area contributed by atoms with Gasteiger partial charge in [0, 0.05) is 25.3 Å². The van der Waals surface area contributed by atoms with Crippen LogP contribution in [0.2, 0.25) is 0 Å². The van der Waals surface area contributed by atoms with Crippen LogP contribution in [0, 0.1) is 11.8 Å². The van der Waals surface area contributed by atoms with Crippen LogP contribution < -0.4 is 16.0 Å². The molecule has 0 aliphatic carbocycles. The normalized spacial score (nSPS) is 19.2. The number of carbonyl (C=O) groups is 1. The van der Waals surface area contributed by atoms with E-state index in [9.17, 15) is 4.79 Å². The van der Waals surface area contributed by atoms with E-state index in [2.05, 4.69) is 34.5 Å². The molecule has 1 fully saturated rings. The van der Waals surface area contributed by atoms with E-state index < -0.39 is 6.04 Å². The standard InChI is InChI=1S/C16H25N3O.ClH/c1-12(2)15(17)16(20)18-10-13-8-9-19(11-13)14-6-4-3-5-7-14;/h3-7,12-13,15H,8-11,17H2,1-2H3,(H,18,20);1H/t13?,15-;/m0./s1. The van der Waals surface area contributed by atoms with E-state index in [0.29, 0.717) is 5.92 Å². The molecular formula is C16H26ClN3O. The van der Waals surface area contributed by atoms with Crippen molar-refractivity contribution in [1.82, 2.24) is 5.32 Å². The van der Waals surface area contributed by atoms with E-state index >= 15 is 0 Å². The van der Waals surface area contributed by atoms with Crippen molar-refractivity contribution in [2.75, 3.05) is 24.5 Å². The van der Waals surface area contributed by atoms with E-state index in [0.717, 1.165) is 26.1 Å². The van der Waals surface area contributed by atoms with Gasteiger partial charge in [-0.05, 0) is 30.4 Å². The highest BCUT2D eigenvalue weighted by Crippen LogP contribution is 2.22. The molecule has 118 valence electrons. The molecule has 0 bridgehead atoms. The SMILES string of the molecule is CC(C)[C@H](N)C(=O)NCC1CCN(c2ccccc2)C1.Cl. The summed E-state index contributed by atoms with van der Waals surface area (Å²) in [5, 5.41) is 2.99. The van der Waals surface area contributed by atoms with Crippen molar-refractivity contribution in [2.24, 2.45) is 17.6 Å². The maximum absolute atomic E-state index is 11.8. The number of hydrogen-bond donors (Lipinski definition) is 2. The quantitative estimate of drug-likeness (QED) is 0.875. The third-order valence-electron chi connectivity index (χ3n) is 3.99. The molecule has 21 heavy (non-hydrogen) atoms. The summed E-state index contributed by atoms with van der Waals surface area (Å²) in [6.07, 6.45) is 1.12. The number of halogens is 1. The zero-order chi connectivity index (χ0) is 14.5. The van der Waals surface area contributed by atoms with Crippen LogP contribution in [0.1, 0.15) is 20.3 Å². The van der Waals surface area contributed by atoms with Gasteiger partial charge >= 0.3 is 0 Å². The smallest absolute Gasteiger partial charge is 0.237 e. The minimum atomic E-state index is -0.401. The van der Waals surface area contributed by atoms with Gasteiger partial charge in [-0.3, -0.25) is 4.79 Å². The van der Waals surface area contributed by atoms with Gasteiger partial charge in [-0.15, -0.1) is 12.4 Å². The molecule has 2 rings (SSSR count). The van der Waals surface area contributed by atoms with E-state index in [1.807, 2.05) is 19.9 Å². The first-order valence-corrected chi connectivity index (χ1v) is 7.41.